The van der Waals surface area contributed by atoms with E-state index in [1.807, 2.05) is 27.7 Å². The predicted molar refractivity (Wildman–Crippen MR) is 112 cm³/mol. The van der Waals surface area contributed by atoms with Crippen LogP contribution in [0.3, 0.4) is 0 Å². The van der Waals surface area contributed by atoms with Gasteiger partial charge in [-0.2, -0.15) is 0 Å². The maximum absolute atomic E-state index is 12.4. The van der Waals surface area contributed by atoms with Crippen molar-refractivity contribution in [2.75, 3.05) is 7.11 Å². The van der Waals surface area contributed by atoms with Crippen LogP contribution in [0.4, 0.5) is 4.79 Å². The van der Waals surface area contributed by atoms with Gasteiger partial charge in [0.1, 0.15) is 11.7 Å². The Morgan fingerprint density at radius 2 is 1.63 bits per heavy atom. The number of ether oxygens (including phenoxy) is 2. The van der Waals surface area contributed by atoms with Crippen LogP contribution in [0.2, 0.25) is 0 Å². The third-order valence-electron chi connectivity index (χ3n) is 5.26. The van der Waals surface area contributed by atoms with Crippen LogP contribution < -0.4 is 10.8 Å². The molecule has 1 fully saturated rings. The van der Waals surface area contributed by atoms with Gasteiger partial charge in [-0.05, 0) is 59.5 Å². The highest BCUT2D eigenvalue weighted by Gasteiger charge is 2.52. The van der Waals surface area contributed by atoms with Crippen molar-refractivity contribution in [3.05, 3.63) is 29.8 Å². The number of aliphatic hydroxyl groups is 1. The predicted octanol–water partition coefficient (Wildman–Crippen LogP) is 2.09. The van der Waals surface area contributed by atoms with Gasteiger partial charge in [-0.3, -0.25) is 0 Å². The lowest BCUT2D eigenvalue weighted by Crippen LogP contribution is -2.49. The number of amides is 1. The van der Waals surface area contributed by atoms with Gasteiger partial charge < -0.3 is 29.2 Å². The summed E-state index contributed by atoms with van der Waals surface area (Å²) in [7, 11) is 0.430. The standard InChI is InChI=1S/C21H32BNO7/c1-19(2,3)28-18(26)23-15(17(25)27-8)16(24)13-11-9-10-12-14(13)22-29-20(4,5)21(6,7)30-22/h9-12,15-16,24H,1-8H3,(H,23,26)/t15-,16+/m0/s1. The highest BCUT2D eigenvalue weighted by molar-refractivity contribution is 6.62. The molecule has 1 aliphatic heterocycles. The second-order valence-electron chi connectivity index (χ2n) is 9.31. The van der Waals surface area contributed by atoms with Crippen LogP contribution in [0.1, 0.15) is 60.1 Å². The van der Waals surface area contributed by atoms with Crippen molar-refractivity contribution in [3.63, 3.8) is 0 Å². The summed E-state index contributed by atoms with van der Waals surface area (Å²) in [6, 6.07) is 5.52. The zero-order valence-corrected chi connectivity index (χ0v) is 18.9. The summed E-state index contributed by atoms with van der Waals surface area (Å²) >= 11 is 0. The largest absolute Gasteiger partial charge is 0.495 e. The van der Waals surface area contributed by atoms with E-state index in [2.05, 4.69) is 5.32 Å². The van der Waals surface area contributed by atoms with E-state index in [1.54, 1.807) is 45.0 Å². The highest BCUT2D eigenvalue weighted by atomic mass is 16.7. The number of carbonyl (C=O) groups excluding carboxylic acids is 2. The molecule has 9 heteroatoms. The Balaban J connectivity index is 2.35. The lowest BCUT2D eigenvalue weighted by atomic mass is 9.74. The SMILES string of the molecule is COC(=O)[C@@H](NC(=O)OC(C)(C)C)[C@H](O)c1ccccc1B1OC(C)(C)C(C)(C)O1. The molecule has 0 aromatic heterocycles. The molecule has 1 aromatic carbocycles. The molecule has 1 saturated heterocycles. The molecule has 30 heavy (non-hydrogen) atoms. The minimum atomic E-state index is -1.42. The molecule has 0 saturated carbocycles. The molecule has 2 atom stereocenters. The fourth-order valence-electron chi connectivity index (χ4n) is 2.97. The summed E-state index contributed by atoms with van der Waals surface area (Å²) in [5, 5.41) is 13.5. The number of carbonyl (C=O) groups is 2. The molecular formula is C21H32BNO7. The Morgan fingerprint density at radius 1 is 1.10 bits per heavy atom. The summed E-state index contributed by atoms with van der Waals surface area (Å²) in [6.45, 7) is 12.8. The maximum atomic E-state index is 12.4. The Hall–Kier alpha value is -2.10. The molecule has 0 radical (unpaired) electrons. The fourth-order valence-corrected chi connectivity index (χ4v) is 2.97. The second kappa shape index (κ2) is 8.57. The number of nitrogens with one attached hydrogen (secondary N) is 1. The topological polar surface area (TPSA) is 103 Å². The van der Waals surface area contributed by atoms with Gasteiger partial charge >= 0.3 is 19.2 Å². The van der Waals surface area contributed by atoms with Crippen LogP contribution >= 0.6 is 0 Å². The van der Waals surface area contributed by atoms with Crippen molar-refractivity contribution >= 4 is 24.6 Å². The molecule has 2 rings (SSSR count). The van der Waals surface area contributed by atoms with E-state index in [0.29, 0.717) is 11.0 Å². The lowest BCUT2D eigenvalue weighted by molar-refractivity contribution is -0.146. The molecule has 166 valence electrons. The summed E-state index contributed by atoms with van der Waals surface area (Å²) < 4.78 is 22.2. The van der Waals surface area contributed by atoms with Crippen LogP contribution in [0.5, 0.6) is 0 Å². The summed E-state index contributed by atoms with van der Waals surface area (Å²) in [4.78, 5) is 24.6. The van der Waals surface area contributed by atoms with Gasteiger partial charge in [0.2, 0.25) is 0 Å². The number of rotatable bonds is 5. The molecule has 0 bridgehead atoms. The number of aliphatic hydroxyl groups excluding tert-OH is 1. The lowest BCUT2D eigenvalue weighted by Gasteiger charge is -2.32. The monoisotopic (exact) mass is 421 g/mol. The van der Waals surface area contributed by atoms with Gasteiger partial charge in [-0.1, -0.05) is 24.3 Å². The summed E-state index contributed by atoms with van der Waals surface area (Å²) in [6.07, 6.45) is -2.26. The van der Waals surface area contributed by atoms with Crippen LogP contribution in [-0.4, -0.2) is 54.2 Å². The van der Waals surface area contributed by atoms with E-state index in [0.717, 1.165) is 0 Å². The van der Waals surface area contributed by atoms with Gasteiger partial charge in [0.15, 0.2) is 6.04 Å². The van der Waals surface area contributed by atoms with Crippen molar-refractivity contribution in [2.24, 2.45) is 0 Å². The van der Waals surface area contributed by atoms with E-state index in [-0.39, 0.29) is 0 Å². The Labute approximate surface area is 178 Å². The first-order chi connectivity index (χ1) is 13.7. The minimum absolute atomic E-state index is 0.377. The quantitative estimate of drug-likeness (QED) is 0.554. The Morgan fingerprint density at radius 3 is 2.13 bits per heavy atom. The number of alkyl carbamates (subject to hydrolysis) is 1. The van der Waals surface area contributed by atoms with Crippen LogP contribution in [0.15, 0.2) is 24.3 Å². The minimum Gasteiger partial charge on any atom is -0.467 e. The van der Waals surface area contributed by atoms with Gasteiger partial charge in [0.05, 0.1) is 18.3 Å². The van der Waals surface area contributed by atoms with Crippen molar-refractivity contribution in [1.82, 2.24) is 5.32 Å². The van der Waals surface area contributed by atoms with Crippen molar-refractivity contribution in [2.45, 2.75) is 77.4 Å². The van der Waals surface area contributed by atoms with Gasteiger partial charge in [0, 0.05) is 0 Å². The molecule has 1 aliphatic rings. The molecular weight excluding hydrogens is 389 g/mol. The zero-order valence-electron chi connectivity index (χ0n) is 18.9. The second-order valence-corrected chi connectivity index (χ2v) is 9.31. The first kappa shape index (κ1) is 24.2. The molecule has 2 N–H and O–H groups in total. The van der Waals surface area contributed by atoms with Crippen LogP contribution in [0.25, 0.3) is 0 Å². The number of hydrogen-bond donors (Lipinski definition) is 2. The highest BCUT2D eigenvalue weighted by Crippen LogP contribution is 2.37. The third-order valence-corrected chi connectivity index (χ3v) is 5.26. The normalized spacial score (nSPS) is 19.7. The molecule has 0 aliphatic carbocycles. The molecule has 1 heterocycles. The molecule has 1 amide bonds. The van der Waals surface area contributed by atoms with Crippen molar-refractivity contribution in [3.8, 4) is 0 Å². The average Bonchev–Trinajstić information content (AvgIpc) is 2.84. The summed E-state index contributed by atoms with van der Waals surface area (Å²) in [5.41, 5.74) is -0.986. The van der Waals surface area contributed by atoms with Crippen LogP contribution in [0, 0.1) is 0 Å². The van der Waals surface area contributed by atoms with Gasteiger partial charge in [-0.25, -0.2) is 9.59 Å². The number of benzene rings is 1. The first-order valence-electron chi connectivity index (χ1n) is 9.88. The number of methoxy groups -OCH3 is 1. The fraction of sp³-hybridized carbons (Fsp3) is 0.619. The number of hydrogen-bond acceptors (Lipinski definition) is 7. The van der Waals surface area contributed by atoms with E-state index in [1.165, 1.54) is 7.11 Å². The molecule has 0 unspecified atom stereocenters. The maximum Gasteiger partial charge on any atom is 0.495 e. The summed E-state index contributed by atoms with van der Waals surface area (Å²) in [5.74, 6) is -0.808. The van der Waals surface area contributed by atoms with Crippen LogP contribution in [-0.2, 0) is 23.6 Å². The van der Waals surface area contributed by atoms with E-state index >= 15 is 0 Å². The molecule has 0 spiro atoms. The first-order valence-corrected chi connectivity index (χ1v) is 9.88. The van der Waals surface area contributed by atoms with Crippen molar-refractivity contribution < 1.29 is 33.5 Å². The Bertz CT molecular complexity index is 772. The van der Waals surface area contributed by atoms with Crippen molar-refractivity contribution in [1.29, 1.82) is 0 Å². The smallest absolute Gasteiger partial charge is 0.467 e. The van der Waals surface area contributed by atoms with Gasteiger partial charge in [-0.15, -0.1) is 0 Å². The van der Waals surface area contributed by atoms with E-state index < -0.39 is 48.1 Å². The number of esters is 1. The molecule has 1 aromatic rings. The zero-order chi connectivity index (χ0) is 22.9. The van der Waals surface area contributed by atoms with Gasteiger partial charge in [0.25, 0.3) is 0 Å². The average molecular weight is 421 g/mol. The van der Waals surface area contributed by atoms with E-state index in [4.69, 9.17) is 18.8 Å². The Kier molecular flexibility index (Phi) is 6.90. The third kappa shape index (κ3) is 5.33. The molecule has 8 nitrogen and oxygen atoms in total. The van der Waals surface area contributed by atoms with E-state index in [9.17, 15) is 14.7 Å².